The predicted molar refractivity (Wildman–Crippen MR) is 490 cm³/mol. The topological polar surface area (TPSA) is 491 Å². The first kappa shape index (κ1) is 113. The number of sulfonamides is 2. The van der Waals surface area contributed by atoms with Crippen LogP contribution in [-0.4, -0.2) is 234 Å². The highest BCUT2D eigenvalue weighted by molar-refractivity contribution is 7.91. The molecule has 2 aromatic carbocycles. The van der Waals surface area contributed by atoms with Crippen LogP contribution in [0, 0.1) is 54.3 Å². The molecular formula is C93H140ClN7O27S2. The summed E-state index contributed by atoms with van der Waals surface area (Å²) in [6.07, 6.45) is 5.98. The number of aliphatic carboxylic acids is 3. The van der Waals surface area contributed by atoms with Gasteiger partial charge in [0.15, 0.2) is 11.6 Å². The van der Waals surface area contributed by atoms with E-state index in [2.05, 4.69) is 44.0 Å². The summed E-state index contributed by atoms with van der Waals surface area (Å²) in [5.74, 6) is -9.47. The van der Waals surface area contributed by atoms with E-state index in [4.69, 9.17) is 63.7 Å². The van der Waals surface area contributed by atoms with Gasteiger partial charge in [0, 0.05) is 81.8 Å². The standard InChI is InChI=1S/C37H49N3O9S.C25H29N3O5S.2C12H22O5.C6H13NO3.CH4.ClH/c1-8-25-19-37(25,35(44)39-50(45,46)27-11-12-27)20-31(41)30-17-26(48-33-28-13-10-22(3)16-24(28)14-15-38-33)21-40(30)34(43)29(23(4)47-9-2)18-32(42)49-36(5,6)7;1-3-17-12-25(17,24(30)28-34(31,32)19-5-6-19)13-22(29)21-11-18(14-27-21)33-23-20-7-4-15(2)10-16(20)8-9-26-23;2*1-6-16-8(2)9(11(14)15)7-10(13)17-12(3,4)5;1-3-10-4(2)5(7)6(8)9;;/h8,10,13-16,23,25-27,29-30H,1,9,11-12,17-21H2,2-7H3,(H,39,44);3-4,7-10,17-19,21,27H,1,5-6,11-14H2,2H3,(H,28,30);2*8-9H,6-7H2,1-5H3,(H,14,15);4-5H,3,7H2,1-2H3,(H,8,9);1H4;1H/t23-,25+,26+,29-,30-,37+;17-,18-,21+,25-;2*8-,9?;4-,5?;;/m01000../s1. The number of allylic oxidation sites excluding steroid dienone is 2. The summed E-state index contributed by atoms with van der Waals surface area (Å²) in [6, 6.07) is 13.4. The molecule has 4 saturated carbocycles. The van der Waals surface area contributed by atoms with E-state index in [1.165, 1.54) is 4.90 Å². The summed E-state index contributed by atoms with van der Waals surface area (Å²) in [7, 11) is -7.52. The number of carboxylic acids is 3. The number of benzene rings is 2. The SMILES string of the molecule is C.C=C[C@@H]1C[C@]1(CC(=O)[C@@H]1C[C@@H](Oc2nccc3cc(C)ccc23)CN1)C(=O)NS(=O)(=O)C1CC1.C=C[C@@H]1C[C@]1(CC(=O)[C@@H]1C[C@@H](Oc2nccc3cc(C)ccc23)CN1C(=O)[C@@H](CC(=O)OC(C)(C)C)[C@H](C)OCC)C(=O)NS(=O)(=O)C1CC1.CCO[C@@H](C)C(CC(=O)OC(C)(C)C)C(=O)O.CCO[C@@H](C)C(CC(=O)OC(C)(C)C)C(=O)O.CCO[C@@H](C)C(N)C(=O)O.Cl. The number of carbonyl (C=O) groups excluding carboxylic acids is 8. The second-order valence-corrected chi connectivity index (χ2v) is 40.4. The fourth-order valence-corrected chi connectivity index (χ4v) is 17.9. The molecule has 2 aliphatic heterocycles. The normalized spacial score (nSPS) is 22.1. The van der Waals surface area contributed by atoms with Gasteiger partial charge in [-0.25, -0.2) is 26.8 Å². The van der Waals surface area contributed by atoms with Crippen LogP contribution in [0.3, 0.4) is 0 Å². The number of pyridine rings is 2. The molecule has 3 amide bonds. The number of nitrogens with two attached hydrogens (primary N) is 1. The van der Waals surface area contributed by atoms with Gasteiger partial charge in [0.25, 0.3) is 0 Å². The summed E-state index contributed by atoms with van der Waals surface area (Å²) in [5, 5.41) is 32.2. The smallest absolute Gasteiger partial charge is 0.323 e. The molecule has 728 valence electrons. The van der Waals surface area contributed by atoms with E-state index in [1.807, 2.05) is 56.3 Å². The van der Waals surface area contributed by atoms with Crippen molar-refractivity contribution < 1.29 is 128 Å². The van der Waals surface area contributed by atoms with Gasteiger partial charge in [0.1, 0.15) is 35.1 Å². The van der Waals surface area contributed by atoms with Gasteiger partial charge in [0.2, 0.25) is 49.5 Å². The molecule has 0 radical (unpaired) electrons. The fourth-order valence-electron chi connectivity index (χ4n) is 15.1. The highest BCUT2D eigenvalue weighted by Gasteiger charge is 2.63. The lowest BCUT2D eigenvalue weighted by molar-refractivity contribution is -0.163. The van der Waals surface area contributed by atoms with Crippen molar-refractivity contribution in [2.45, 2.75) is 305 Å². The molecule has 6 fully saturated rings. The molecule has 2 aromatic heterocycles. The second kappa shape index (κ2) is 49.0. The number of hydrogen-bond acceptors (Lipinski definition) is 28. The molecule has 3 unspecified atom stereocenters. The van der Waals surface area contributed by atoms with Crippen LogP contribution in [-0.2, 0) is 106 Å². The summed E-state index contributed by atoms with van der Waals surface area (Å²) in [6.45, 7) is 43.2. The Labute approximate surface area is 771 Å². The number of fused-ring (bicyclic) bond motifs is 2. The van der Waals surface area contributed by atoms with E-state index in [0.29, 0.717) is 83.3 Å². The molecule has 4 aliphatic carbocycles. The zero-order valence-corrected chi connectivity index (χ0v) is 80.2. The van der Waals surface area contributed by atoms with Crippen LogP contribution >= 0.6 is 12.4 Å². The van der Waals surface area contributed by atoms with Gasteiger partial charge in [-0.15, -0.1) is 25.6 Å². The molecule has 2 saturated heterocycles. The van der Waals surface area contributed by atoms with Gasteiger partial charge in [0.05, 0.1) is 101 Å². The molecule has 8 N–H and O–H groups in total. The number of nitrogens with zero attached hydrogens (tertiary/aromatic N) is 3. The summed E-state index contributed by atoms with van der Waals surface area (Å²) < 4.78 is 104. The third kappa shape index (κ3) is 33.8. The number of hydrogen-bond donors (Lipinski definition) is 7. The van der Waals surface area contributed by atoms with Gasteiger partial charge in [-0.3, -0.25) is 62.2 Å². The van der Waals surface area contributed by atoms with Crippen molar-refractivity contribution in [3.63, 3.8) is 0 Å². The molecular weight excluding hydrogens is 1750 g/mol. The van der Waals surface area contributed by atoms with Crippen molar-refractivity contribution in [1.82, 2.24) is 29.6 Å². The first-order valence-electron chi connectivity index (χ1n) is 43.7. The first-order chi connectivity index (χ1) is 59.6. The number of carboxylic acid groups (broad SMARTS) is 3. The quantitative estimate of drug-likeness (QED) is 0.0124. The number of halogens is 1. The Morgan fingerprint density at radius 2 is 0.908 bits per heavy atom. The largest absolute Gasteiger partial charge is 0.481 e. The number of likely N-dealkylation sites (tertiary alicyclic amines) is 1. The molecule has 10 rings (SSSR count). The molecule has 4 aromatic rings. The minimum absolute atomic E-state index is 0. The lowest BCUT2D eigenvalue weighted by atomic mass is 9.90. The van der Waals surface area contributed by atoms with E-state index >= 15 is 0 Å². The van der Waals surface area contributed by atoms with Crippen LogP contribution in [0.4, 0.5) is 0 Å². The molecule has 37 heteroatoms. The minimum atomic E-state index is -3.85. The molecule has 0 bridgehead atoms. The third-order valence-corrected chi connectivity index (χ3v) is 26.1. The Morgan fingerprint density at radius 1 is 0.546 bits per heavy atom. The van der Waals surface area contributed by atoms with Crippen molar-refractivity contribution in [1.29, 1.82) is 0 Å². The van der Waals surface area contributed by atoms with Crippen molar-refractivity contribution >= 4 is 119 Å². The number of ether oxygens (including phenoxy) is 9. The van der Waals surface area contributed by atoms with E-state index in [1.54, 1.807) is 142 Å². The number of esters is 3. The Kier molecular flexibility index (Phi) is 42.7. The van der Waals surface area contributed by atoms with Crippen LogP contribution in [0.2, 0.25) is 0 Å². The van der Waals surface area contributed by atoms with Crippen LogP contribution in [0.25, 0.3) is 21.5 Å². The number of ketones is 2. The number of rotatable bonds is 40. The number of aryl methyl sites for hydroxylation is 2. The molecule has 0 spiro atoms. The van der Waals surface area contributed by atoms with E-state index in [0.717, 1.165) is 32.7 Å². The minimum Gasteiger partial charge on any atom is -0.481 e. The average molecular weight is 1890 g/mol. The molecule has 6 aliphatic rings. The maximum atomic E-state index is 14.5. The number of nitrogens with one attached hydrogen (secondary N) is 3. The van der Waals surface area contributed by atoms with E-state index in [9.17, 15) is 69.6 Å². The summed E-state index contributed by atoms with van der Waals surface area (Å²) in [4.78, 5) is 147. The van der Waals surface area contributed by atoms with Crippen LogP contribution in [0.15, 0.2) is 86.2 Å². The van der Waals surface area contributed by atoms with Crippen LogP contribution < -0.4 is 30.0 Å². The summed E-state index contributed by atoms with van der Waals surface area (Å²) >= 11 is 0. The zero-order valence-electron chi connectivity index (χ0n) is 77.8. The van der Waals surface area contributed by atoms with Gasteiger partial charge in [-0.2, -0.15) is 0 Å². The van der Waals surface area contributed by atoms with Gasteiger partial charge < -0.3 is 73.9 Å². The zero-order chi connectivity index (χ0) is 96.1. The van der Waals surface area contributed by atoms with Gasteiger partial charge in [-0.1, -0.05) is 55.0 Å². The van der Waals surface area contributed by atoms with Crippen molar-refractivity contribution in [3.05, 3.63) is 97.4 Å². The van der Waals surface area contributed by atoms with Crippen LogP contribution in [0.5, 0.6) is 11.8 Å². The van der Waals surface area contributed by atoms with Crippen molar-refractivity contribution in [2.75, 3.05) is 39.5 Å². The first-order valence-corrected chi connectivity index (χ1v) is 46.8. The molecule has 4 heterocycles. The van der Waals surface area contributed by atoms with Crippen molar-refractivity contribution in [2.24, 2.45) is 46.2 Å². The number of carbonyl (C=O) groups is 11. The second-order valence-electron chi connectivity index (χ2n) is 36.5. The third-order valence-electron chi connectivity index (χ3n) is 22.4. The average Bonchev–Trinajstić information content (AvgIpc) is 1.58. The maximum absolute atomic E-state index is 14.5. The molecule has 34 nitrogen and oxygen atoms in total. The lowest BCUT2D eigenvalue weighted by Gasteiger charge is -2.31. The van der Waals surface area contributed by atoms with Gasteiger partial charge >= 0.3 is 35.8 Å². The highest BCUT2D eigenvalue weighted by Crippen LogP contribution is 2.58. The monoisotopic (exact) mass is 1890 g/mol. The molecule has 130 heavy (non-hydrogen) atoms. The van der Waals surface area contributed by atoms with Crippen molar-refractivity contribution in [3.8, 4) is 11.8 Å². The number of aromatic nitrogens is 2. The van der Waals surface area contributed by atoms with Gasteiger partial charge in [-0.05, 0) is 217 Å². The van der Waals surface area contributed by atoms with Crippen LogP contribution in [0.1, 0.15) is 220 Å². The fraction of sp³-hybridized carbons (Fsp3) is 0.645. The Balaban J connectivity index is 0.000000380. The predicted octanol–water partition coefficient (Wildman–Crippen LogP) is 11.4. The Morgan fingerprint density at radius 3 is 1.25 bits per heavy atom. The molecule has 16 atom stereocenters. The maximum Gasteiger partial charge on any atom is 0.323 e. The Hall–Kier alpha value is -9.14. The highest BCUT2D eigenvalue weighted by atomic mass is 35.5. The summed E-state index contributed by atoms with van der Waals surface area (Å²) in [5.41, 5.74) is 3.14. The number of Topliss-reactive ketones (excluding diaryl/α,β-unsaturated/α-hetero) is 2. The lowest BCUT2D eigenvalue weighted by Crippen LogP contribution is -2.48. The van der Waals surface area contributed by atoms with E-state index in [-0.39, 0.29) is 89.1 Å². The van der Waals surface area contributed by atoms with E-state index < -0.39 is 190 Å². The number of amides is 3. The Bertz CT molecular complexity index is 4780.